The first kappa shape index (κ1) is 30.4. The number of aliphatic hydroxyl groups excluding tert-OH is 1. The monoisotopic (exact) mass is 624 g/mol. The fourth-order valence-corrected chi connectivity index (χ4v) is 7.43. The van der Waals surface area contributed by atoms with Gasteiger partial charge >= 0.3 is 0 Å². The molecule has 1 amide bonds. The lowest BCUT2D eigenvalue weighted by Crippen LogP contribution is -2.46. The van der Waals surface area contributed by atoms with Crippen LogP contribution in [0.1, 0.15) is 58.3 Å². The fraction of sp³-hybridized carbons (Fsp3) is 0.417. The zero-order chi connectivity index (χ0) is 31.9. The number of aliphatic hydroxyl groups is 1. The summed E-state index contributed by atoms with van der Waals surface area (Å²) in [6.45, 7) is 7.83. The zero-order valence-electron chi connectivity index (χ0n) is 26.6. The maximum Gasteiger partial charge on any atom is 0.274 e. The SMILES string of the molecule is CCN1CCN(c2ccc(Cc3cc(-c4cc(F)cc(N5CCn6c(cc7c6CCCC7)C5=O)c4CO)cn(C)c3=O)nc2)CC1. The van der Waals surface area contributed by atoms with Gasteiger partial charge in [0.2, 0.25) is 0 Å². The van der Waals surface area contributed by atoms with Crippen molar-refractivity contribution in [1.29, 1.82) is 0 Å². The molecule has 4 aromatic rings. The van der Waals surface area contributed by atoms with E-state index in [0.29, 0.717) is 53.1 Å². The number of piperazine rings is 1. The number of anilines is 2. The molecule has 7 rings (SSSR count). The smallest absolute Gasteiger partial charge is 0.274 e. The number of aromatic nitrogens is 3. The van der Waals surface area contributed by atoms with Gasteiger partial charge in [0.1, 0.15) is 11.5 Å². The van der Waals surface area contributed by atoms with Crippen LogP contribution in [0.5, 0.6) is 0 Å². The van der Waals surface area contributed by atoms with Gasteiger partial charge < -0.3 is 28.9 Å². The Kier molecular flexibility index (Phi) is 8.25. The average molecular weight is 625 g/mol. The van der Waals surface area contributed by atoms with Crippen LogP contribution in [0.4, 0.5) is 15.8 Å². The van der Waals surface area contributed by atoms with Gasteiger partial charge in [0.15, 0.2) is 0 Å². The van der Waals surface area contributed by atoms with Gasteiger partial charge in [0.25, 0.3) is 11.5 Å². The van der Waals surface area contributed by atoms with Crippen molar-refractivity contribution in [2.45, 2.75) is 52.2 Å². The molecule has 0 radical (unpaired) electrons. The number of pyridine rings is 2. The molecule has 46 heavy (non-hydrogen) atoms. The van der Waals surface area contributed by atoms with Crippen LogP contribution in [0.2, 0.25) is 0 Å². The second-order valence-electron chi connectivity index (χ2n) is 12.7. The summed E-state index contributed by atoms with van der Waals surface area (Å²) in [5, 5.41) is 10.6. The van der Waals surface area contributed by atoms with Crippen molar-refractivity contribution in [3.05, 3.63) is 98.7 Å². The number of benzene rings is 1. The van der Waals surface area contributed by atoms with E-state index in [0.717, 1.165) is 69.8 Å². The summed E-state index contributed by atoms with van der Waals surface area (Å²) in [6, 6.07) is 10.5. The highest BCUT2D eigenvalue weighted by Gasteiger charge is 2.32. The molecule has 2 aliphatic heterocycles. The van der Waals surface area contributed by atoms with Gasteiger partial charge in [-0.25, -0.2) is 4.39 Å². The van der Waals surface area contributed by atoms with E-state index in [1.807, 2.05) is 18.3 Å². The summed E-state index contributed by atoms with van der Waals surface area (Å²) in [4.78, 5) is 38.1. The summed E-state index contributed by atoms with van der Waals surface area (Å²) < 4.78 is 19.0. The zero-order valence-corrected chi connectivity index (χ0v) is 26.6. The normalized spacial score (nSPS) is 16.9. The molecule has 10 heteroatoms. The Hall–Kier alpha value is -4.28. The molecule has 0 spiro atoms. The topological polar surface area (TPSA) is 86.8 Å². The molecular formula is C36H41FN6O3. The minimum atomic E-state index is -0.511. The first-order chi connectivity index (χ1) is 22.3. The van der Waals surface area contributed by atoms with Gasteiger partial charge in [0, 0.05) is 81.4 Å². The Morgan fingerprint density at radius 3 is 2.50 bits per heavy atom. The number of nitrogens with zero attached hydrogens (tertiary/aromatic N) is 6. The van der Waals surface area contributed by atoms with Crippen LogP contribution in [0, 0.1) is 5.82 Å². The van der Waals surface area contributed by atoms with Gasteiger partial charge in [-0.15, -0.1) is 0 Å². The number of likely N-dealkylation sites (N-methyl/N-ethyl adjacent to an activating group) is 1. The highest BCUT2D eigenvalue weighted by molar-refractivity contribution is 6.07. The molecular weight excluding hydrogens is 583 g/mol. The predicted octanol–water partition coefficient (Wildman–Crippen LogP) is 4.15. The molecule has 0 bridgehead atoms. The van der Waals surface area contributed by atoms with E-state index in [2.05, 4.69) is 32.3 Å². The first-order valence-electron chi connectivity index (χ1n) is 16.4. The number of amides is 1. The lowest BCUT2D eigenvalue weighted by atomic mass is 9.96. The van der Waals surface area contributed by atoms with Gasteiger partial charge in [-0.05, 0) is 85.3 Å². The van der Waals surface area contributed by atoms with Crippen molar-refractivity contribution in [3.8, 4) is 11.1 Å². The van der Waals surface area contributed by atoms with Crippen LogP contribution in [0.15, 0.2) is 53.6 Å². The molecule has 3 aromatic heterocycles. The number of rotatable bonds is 7. The molecule has 1 saturated heterocycles. The molecule has 1 aliphatic carbocycles. The molecule has 9 nitrogen and oxygen atoms in total. The second-order valence-corrected chi connectivity index (χ2v) is 12.7. The Balaban J connectivity index is 1.18. The minimum Gasteiger partial charge on any atom is -0.392 e. The van der Waals surface area contributed by atoms with Crippen LogP contribution >= 0.6 is 0 Å². The van der Waals surface area contributed by atoms with Gasteiger partial charge in [0.05, 0.1) is 24.2 Å². The molecule has 1 fully saturated rings. The number of fused-ring (bicyclic) bond motifs is 3. The van der Waals surface area contributed by atoms with E-state index in [9.17, 15) is 14.7 Å². The van der Waals surface area contributed by atoms with Crippen LogP contribution in [0.3, 0.4) is 0 Å². The largest absolute Gasteiger partial charge is 0.392 e. The van der Waals surface area contributed by atoms with E-state index in [4.69, 9.17) is 0 Å². The highest BCUT2D eigenvalue weighted by atomic mass is 19.1. The van der Waals surface area contributed by atoms with Crippen molar-refractivity contribution >= 4 is 17.3 Å². The molecule has 0 unspecified atom stereocenters. The summed E-state index contributed by atoms with van der Waals surface area (Å²) in [5.74, 6) is -0.697. The van der Waals surface area contributed by atoms with Crippen LogP contribution in [-0.2, 0) is 39.5 Å². The van der Waals surface area contributed by atoms with E-state index in [1.54, 1.807) is 24.2 Å². The van der Waals surface area contributed by atoms with Crippen LogP contribution in [-0.4, -0.2) is 69.3 Å². The first-order valence-corrected chi connectivity index (χ1v) is 16.4. The molecule has 1 aromatic carbocycles. The fourth-order valence-electron chi connectivity index (χ4n) is 7.43. The summed E-state index contributed by atoms with van der Waals surface area (Å²) in [5.41, 5.74) is 7.15. The maximum atomic E-state index is 15.3. The average Bonchev–Trinajstić information content (AvgIpc) is 3.46. The summed E-state index contributed by atoms with van der Waals surface area (Å²) in [6.07, 6.45) is 8.03. The number of carbonyl (C=O) groups is 1. The number of halogens is 1. The van der Waals surface area contributed by atoms with E-state index < -0.39 is 5.82 Å². The van der Waals surface area contributed by atoms with Gasteiger partial charge in [-0.2, -0.15) is 0 Å². The molecule has 240 valence electrons. The second kappa shape index (κ2) is 12.5. The Bertz CT molecular complexity index is 1840. The number of carbonyl (C=O) groups excluding carboxylic acids is 1. The molecule has 0 saturated carbocycles. The molecule has 5 heterocycles. The quantitative estimate of drug-likeness (QED) is 0.333. The molecule has 3 aliphatic rings. The lowest BCUT2D eigenvalue weighted by molar-refractivity contribution is 0.0964. The lowest BCUT2D eigenvalue weighted by Gasteiger charge is -2.35. The summed E-state index contributed by atoms with van der Waals surface area (Å²) >= 11 is 0. The summed E-state index contributed by atoms with van der Waals surface area (Å²) in [7, 11) is 1.67. The van der Waals surface area contributed by atoms with Crippen molar-refractivity contribution in [1.82, 2.24) is 19.0 Å². The minimum absolute atomic E-state index is 0.163. The third-order valence-corrected chi connectivity index (χ3v) is 9.99. The van der Waals surface area contributed by atoms with E-state index >= 15 is 4.39 Å². The molecule has 0 atom stereocenters. The third kappa shape index (κ3) is 5.54. The number of aryl methyl sites for hydroxylation is 2. The van der Waals surface area contributed by atoms with Crippen LogP contribution < -0.4 is 15.4 Å². The standard InChI is InChI=1S/C36H41FN6O3/c1-3-40-10-12-41(13-11-40)29-9-8-28(38-21-29)17-25-16-26(22-39(2)35(25)45)30-19-27(37)20-33(31(30)23-44)43-15-14-42-32-7-5-4-6-24(32)18-34(42)36(43)46/h8-9,16,18-22,44H,3-7,10-15,17,23H2,1-2H3. The molecule has 1 N–H and O–H groups in total. The number of hydrogen-bond acceptors (Lipinski definition) is 6. The van der Waals surface area contributed by atoms with Crippen molar-refractivity contribution in [2.75, 3.05) is 49.1 Å². The van der Waals surface area contributed by atoms with Gasteiger partial charge in [-0.3, -0.25) is 14.6 Å². The van der Waals surface area contributed by atoms with Crippen molar-refractivity contribution in [2.24, 2.45) is 7.05 Å². The third-order valence-electron chi connectivity index (χ3n) is 9.99. The maximum absolute atomic E-state index is 15.3. The Labute approximate surface area is 268 Å². The number of hydrogen-bond donors (Lipinski definition) is 1. The van der Waals surface area contributed by atoms with Gasteiger partial charge in [-0.1, -0.05) is 6.92 Å². The highest BCUT2D eigenvalue weighted by Crippen LogP contribution is 2.36. The van der Waals surface area contributed by atoms with Crippen LogP contribution in [0.25, 0.3) is 11.1 Å². The predicted molar refractivity (Wildman–Crippen MR) is 177 cm³/mol. The van der Waals surface area contributed by atoms with E-state index in [-0.39, 0.29) is 18.1 Å². The Morgan fingerprint density at radius 1 is 0.957 bits per heavy atom. The van der Waals surface area contributed by atoms with E-state index in [1.165, 1.54) is 28.0 Å². The van der Waals surface area contributed by atoms with Crippen molar-refractivity contribution < 1.29 is 14.3 Å². The Morgan fingerprint density at radius 2 is 1.76 bits per heavy atom. The van der Waals surface area contributed by atoms with Crippen molar-refractivity contribution in [3.63, 3.8) is 0 Å².